The number of carbonyl (C=O) groups is 1. The van der Waals surface area contributed by atoms with Crippen molar-refractivity contribution in [3.63, 3.8) is 0 Å². The maximum absolute atomic E-state index is 11.7. The van der Waals surface area contributed by atoms with Crippen molar-refractivity contribution in [2.24, 2.45) is 0 Å². The Kier molecular flexibility index (Phi) is 3.70. The van der Waals surface area contributed by atoms with Crippen molar-refractivity contribution in [2.75, 3.05) is 26.3 Å². The summed E-state index contributed by atoms with van der Waals surface area (Å²) in [5.74, 6) is -0.679. The van der Waals surface area contributed by atoms with Gasteiger partial charge in [0.25, 0.3) is 0 Å². The first-order valence-electron chi connectivity index (χ1n) is 4.14. The SMILES string of the molecule is O=C(NCC(F)(F)F)C1COCCN1. The summed E-state index contributed by atoms with van der Waals surface area (Å²) in [5.41, 5.74) is 0. The summed E-state index contributed by atoms with van der Waals surface area (Å²) in [6.45, 7) is -0.235. The minimum Gasteiger partial charge on any atom is -0.378 e. The van der Waals surface area contributed by atoms with Crippen LogP contribution in [0.15, 0.2) is 0 Å². The Morgan fingerprint density at radius 2 is 2.29 bits per heavy atom. The van der Waals surface area contributed by atoms with Gasteiger partial charge in [0.2, 0.25) is 5.91 Å². The second-order valence-corrected chi connectivity index (χ2v) is 2.91. The van der Waals surface area contributed by atoms with Crippen LogP contribution in [0.25, 0.3) is 0 Å². The Labute approximate surface area is 78.8 Å². The van der Waals surface area contributed by atoms with Crippen molar-refractivity contribution in [2.45, 2.75) is 12.2 Å². The molecule has 0 saturated carbocycles. The molecule has 14 heavy (non-hydrogen) atoms. The lowest BCUT2D eigenvalue weighted by molar-refractivity contribution is -0.141. The lowest BCUT2D eigenvalue weighted by Gasteiger charge is -2.23. The molecule has 0 bridgehead atoms. The molecule has 0 aromatic rings. The van der Waals surface area contributed by atoms with Crippen molar-refractivity contribution in [1.29, 1.82) is 0 Å². The Morgan fingerprint density at radius 3 is 2.79 bits per heavy atom. The van der Waals surface area contributed by atoms with Crippen LogP contribution < -0.4 is 10.6 Å². The van der Waals surface area contributed by atoms with E-state index in [0.717, 1.165) is 0 Å². The van der Waals surface area contributed by atoms with E-state index in [0.29, 0.717) is 13.2 Å². The van der Waals surface area contributed by atoms with E-state index in [2.05, 4.69) is 5.32 Å². The Bertz CT molecular complexity index is 202. The largest absolute Gasteiger partial charge is 0.405 e. The third-order valence-electron chi connectivity index (χ3n) is 1.70. The number of rotatable bonds is 2. The molecule has 1 atom stereocenters. The molecule has 0 aromatic heterocycles. The fourth-order valence-corrected chi connectivity index (χ4v) is 1.04. The van der Waals surface area contributed by atoms with Gasteiger partial charge in [-0.3, -0.25) is 4.79 Å². The van der Waals surface area contributed by atoms with E-state index in [1.165, 1.54) is 0 Å². The first-order valence-corrected chi connectivity index (χ1v) is 4.14. The van der Waals surface area contributed by atoms with Crippen molar-refractivity contribution in [1.82, 2.24) is 10.6 Å². The molecule has 1 aliphatic rings. The van der Waals surface area contributed by atoms with Crippen LogP contribution in [0.3, 0.4) is 0 Å². The van der Waals surface area contributed by atoms with Crippen LogP contribution >= 0.6 is 0 Å². The van der Waals surface area contributed by atoms with Crippen LogP contribution in [0.2, 0.25) is 0 Å². The Hall–Kier alpha value is -0.820. The first-order chi connectivity index (χ1) is 6.49. The Balaban J connectivity index is 2.27. The summed E-state index contributed by atoms with van der Waals surface area (Å²) in [5, 5.41) is 4.54. The number of ether oxygens (including phenoxy) is 1. The van der Waals surface area contributed by atoms with E-state index in [-0.39, 0.29) is 6.61 Å². The normalized spacial score (nSPS) is 23.2. The standard InChI is InChI=1S/C7H11F3N2O2/c8-7(9,10)4-12-6(13)5-3-14-2-1-11-5/h5,11H,1-4H2,(H,12,13). The highest BCUT2D eigenvalue weighted by molar-refractivity contribution is 5.82. The van der Waals surface area contributed by atoms with E-state index in [1.54, 1.807) is 5.32 Å². The van der Waals surface area contributed by atoms with Gasteiger partial charge in [0.15, 0.2) is 0 Å². The number of nitrogens with one attached hydrogen (secondary N) is 2. The van der Waals surface area contributed by atoms with Crippen molar-refractivity contribution < 1.29 is 22.7 Å². The lowest BCUT2D eigenvalue weighted by atomic mass is 10.2. The van der Waals surface area contributed by atoms with Crippen LogP contribution in [0, 0.1) is 0 Å². The summed E-state index contributed by atoms with van der Waals surface area (Å²) in [7, 11) is 0. The van der Waals surface area contributed by atoms with Crippen LogP contribution in [-0.2, 0) is 9.53 Å². The quantitative estimate of drug-likeness (QED) is 0.658. The van der Waals surface area contributed by atoms with Gasteiger partial charge >= 0.3 is 6.18 Å². The molecule has 0 radical (unpaired) electrons. The highest BCUT2D eigenvalue weighted by atomic mass is 19.4. The molecule has 0 aliphatic carbocycles. The average Bonchev–Trinajstić information content (AvgIpc) is 2.14. The van der Waals surface area contributed by atoms with Crippen molar-refractivity contribution in [3.8, 4) is 0 Å². The fourth-order valence-electron chi connectivity index (χ4n) is 1.04. The number of halogens is 3. The maximum atomic E-state index is 11.7. The highest BCUT2D eigenvalue weighted by Gasteiger charge is 2.30. The molecule has 2 N–H and O–H groups in total. The summed E-state index contributed by atoms with van der Waals surface area (Å²) in [4.78, 5) is 11.1. The summed E-state index contributed by atoms with van der Waals surface area (Å²) in [6.07, 6.45) is -4.37. The number of carbonyl (C=O) groups excluding carboxylic acids is 1. The smallest absolute Gasteiger partial charge is 0.378 e. The number of hydrogen-bond donors (Lipinski definition) is 2. The molecular formula is C7H11F3N2O2. The van der Waals surface area contributed by atoms with Gasteiger partial charge in [0.1, 0.15) is 12.6 Å². The summed E-state index contributed by atoms with van der Waals surface area (Å²) < 4.78 is 40.1. The molecule has 1 amide bonds. The molecule has 4 nitrogen and oxygen atoms in total. The number of morpholine rings is 1. The molecule has 1 aliphatic heterocycles. The zero-order valence-corrected chi connectivity index (χ0v) is 7.36. The molecule has 0 aromatic carbocycles. The predicted octanol–water partition coefficient (Wildman–Crippen LogP) is -0.347. The number of hydrogen-bond acceptors (Lipinski definition) is 3. The molecule has 7 heteroatoms. The predicted molar refractivity (Wildman–Crippen MR) is 41.7 cm³/mol. The van der Waals surface area contributed by atoms with Gasteiger partial charge in [-0.25, -0.2) is 0 Å². The van der Waals surface area contributed by atoms with Gasteiger partial charge in [-0.05, 0) is 0 Å². The molecule has 1 heterocycles. The number of amides is 1. The van der Waals surface area contributed by atoms with E-state index >= 15 is 0 Å². The van der Waals surface area contributed by atoms with Crippen LogP contribution in [0.4, 0.5) is 13.2 Å². The summed E-state index contributed by atoms with van der Waals surface area (Å²) >= 11 is 0. The molecule has 1 unspecified atom stereocenters. The first kappa shape index (κ1) is 11.3. The minimum absolute atomic E-state index is 0.115. The molecule has 82 valence electrons. The molecular weight excluding hydrogens is 201 g/mol. The van der Waals surface area contributed by atoms with Crippen LogP contribution in [-0.4, -0.2) is 44.4 Å². The third-order valence-corrected chi connectivity index (χ3v) is 1.70. The van der Waals surface area contributed by atoms with Gasteiger partial charge in [-0.2, -0.15) is 13.2 Å². The van der Waals surface area contributed by atoms with Crippen LogP contribution in [0.5, 0.6) is 0 Å². The maximum Gasteiger partial charge on any atom is 0.405 e. The zero-order chi connectivity index (χ0) is 10.6. The van der Waals surface area contributed by atoms with E-state index in [1.807, 2.05) is 0 Å². The second-order valence-electron chi connectivity index (χ2n) is 2.91. The van der Waals surface area contributed by atoms with Crippen molar-refractivity contribution >= 4 is 5.91 Å². The fraction of sp³-hybridized carbons (Fsp3) is 0.857. The summed E-state index contributed by atoms with van der Waals surface area (Å²) in [6, 6.07) is -0.675. The van der Waals surface area contributed by atoms with Crippen LogP contribution in [0.1, 0.15) is 0 Å². The lowest BCUT2D eigenvalue weighted by Crippen LogP contribution is -2.52. The van der Waals surface area contributed by atoms with Crippen molar-refractivity contribution in [3.05, 3.63) is 0 Å². The molecule has 1 saturated heterocycles. The molecule has 1 rings (SSSR count). The number of alkyl halides is 3. The monoisotopic (exact) mass is 212 g/mol. The van der Waals surface area contributed by atoms with Gasteiger partial charge in [0.05, 0.1) is 13.2 Å². The average molecular weight is 212 g/mol. The zero-order valence-electron chi connectivity index (χ0n) is 7.36. The van der Waals surface area contributed by atoms with Gasteiger partial charge in [-0.15, -0.1) is 0 Å². The third kappa shape index (κ3) is 3.93. The van der Waals surface area contributed by atoms with Gasteiger partial charge in [-0.1, -0.05) is 0 Å². The molecule has 0 spiro atoms. The highest BCUT2D eigenvalue weighted by Crippen LogP contribution is 2.12. The van der Waals surface area contributed by atoms with E-state index < -0.39 is 24.7 Å². The van der Waals surface area contributed by atoms with E-state index in [9.17, 15) is 18.0 Å². The van der Waals surface area contributed by atoms with Gasteiger partial charge in [0, 0.05) is 6.54 Å². The van der Waals surface area contributed by atoms with Gasteiger partial charge < -0.3 is 15.4 Å². The minimum atomic E-state index is -4.37. The topological polar surface area (TPSA) is 50.4 Å². The van der Waals surface area contributed by atoms with E-state index in [4.69, 9.17) is 4.74 Å². The second kappa shape index (κ2) is 4.61. The molecule has 1 fully saturated rings. The Morgan fingerprint density at radius 1 is 1.57 bits per heavy atom.